The Kier molecular flexibility index (Phi) is 5.55. The van der Waals surface area contributed by atoms with Gasteiger partial charge in [-0.2, -0.15) is 0 Å². The molecular weight excluding hydrogens is 415 g/mol. The molecule has 1 N–H and O–H groups in total. The van der Waals surface area contributed by atoms with Gasteiger partial charge in [0, 0.05) is 43.5 Å². The lowest BCUT2D eigenvalue weighted by Crippen LogP contribution is -2.25. The molecule has 32 heavy (non-hydrogen) atoms. The second-order valence-corrected chi connectivity index (χ2v) is 8.91. The maximum Gasteiger partial charge on any atom is 0.168 e. The number of anilines is 1. The number of hydrogen-bond donors (Lipinski definition) is 1. The standard InChI is InChI=1S/C24H24F3N5/c1-14-2-3-18(28-10-14)13-32-11-15-6-19(7-16(15)12-32)29-23-5-4-22(30-31-23)20-8-17(25)9-21(26)24(20)27/h2-5,8-10,15-16,19H,6-7,11-13H2,1H3,(H,29,31)/t15-,16+,19-. The molecule has 2 aliphatic rings. The van der Waals surface area contributed by atoms with E-state index in [1.54, 1.807) is 6.07 Å². The molecule has 0 radical (unpaired) electrons. The summed E-state index contributed by atoms with van der Waals surface area (Å²) in [6.45, 7) is 5.05. The van der Waals surface area contributed by atoms with Crippen LogP contribution >= 0.6 is 0 Å². The van der Waals surface area contributed by atoms with E-state index >= 15 is 0 Å². The predicted molar refractivity (Wildman–Crippen MR) is 115 cm³/mol. The van der Waals surface area contributed by atoms with E-state index in [9.17, 15) is 13.2 Å². The minimum Gasteiger partial charge on any atom is -0.366 e. The minimum atomic E-state index is -1.24. The Balaban J connectivity index is 1.17. The molecule has 5 nitrogen and oxygen atoms in total. The highest BCUT2D eigenvalue weighted by molar-refractivity contribution is 5.60. The number of nitrogens with zero attached hydrogens (tertiary/aromatic N) is 4. The maximum atomic E-state index is 14.0. The Morgan fingerprint density at radius 2 is 1.78 bits per heavy atom. The van der Waals surface area contributed by atoms with Crippen LogP contribution in [0.15, 0.2) is 42.6 Å². The van der Waals surface area contributed by atoms with Crippen LogP contribution in [-0.2, 0) is 6.54 Å². The van der Waals surface area contributed by atoms with Crippen LogP contribution in [0, 0.1) is 36.2 Å². The fraction of sp³-hybridized carbons (Fsp3) is 0.375. The Labute approximate surface area is 184 Å². The average Bonchev–Trinajstić information content (AvgIpc) is 3.31. The van der Waals surface area contributed by atoms with E-state index in [-0.39, 0.29) is 11.3 Å². The summed E-state index contributed by atoms with van der Waals surface area (Å²) in [5.41, 5.74) is 2.13. The van der Waals surface area contributed by atoms with Crippen LogP contribution in [0.3, 0.4) is 0 Å². The number of aryl methyl sites for hydroxylation is 1. The molecular formula is C24H24F3N5. The van der Waals surface area contributed by atoms with Crippen molar-refractivity contribution in [2.24, 2.45) is 11.8 Å². The summed E-state index contributed by atoms with van der Waals surface area (Å²) in [6.07, 6.45) is 4.02. The summed E-state index contributed by atoms with van der Waals surface area (Å²) in [5, 5.41) is 11.5. The zero-order valence-electron chi connectivity index (χ0n) is 17.7. The Morgan fingerprint density at radius 1 is 1.00 bits per heavy atom. The quantitative estimate of drug-likeness (QED) is 0.590. The molecule has 1 aromatic carbocycles. The Hall–Kier alpha value is -3.00. The lowest BCUT2D eigenvalue weighted by atomic mass is 10.0. The SMILES string of the molecule is Cc1ccc(CN2C[C@H]3C[C@@H](Nc4ccc(-c5cc(F)cc(F)c5F)nn4)C[C@H]3C2)nc1. The van der Waals surface area contributed by atoms with E-state index in [1.807, 2.05) is 13.1 Å². The van der Waals surface area contributed by atoms with Gasteiger partial charge in [-0.3, -0.25) is 9.88 Å². The van der Waals surface area contributed by atoms with Gasteiger partial charge in [-0.05, 0) is 61.4 Å². The van der Waals surface area contributed by atoms with Gasteiger partial charge in [0.25, 0.3) is 0 Å². The molecule has 2 aromatic heterocycles. The van der Waals surface area contributed by atoms with E-state index < -0.39 is 17.5 Å². The Morgan fingerprint density at radius 3 is 2.44 bits per heavy atom. The maximum absolute atomic E-state index is 14.0. The number of nitrogens with one attached hydrogen (secondary N) is 1. The molecule has 0 spiro atoms. The van der Waals surface area contributed by atoms with Crippen molar-refractivity contribution in [2.45, 2.75) is 32.4 Å². The van der Waals surface area contributed by atoms with Crippen molar-refractivity contribution in [3.63, 3.8) is 0 Å². The lowest BCUT2D eigenvalue weighted by molar-refractivity contribution is 0.297. The van der Waals surface area contributed by atoms with Crippen LogP contribution in [0.25, 0.3) is 11.3 Å². The molecule has 1 saturated carbocycles. The van der Waals surface area contributed by atoms with Gasteiger partial charge in [-0.15, -0.1) is 10.2 Å². The van der Waals surface area contributed by atoms with Crippen LogP contribution in [0.1, 0.15) is 24.1 Å². The lowest BCUT2D eigenvalue weighted by Gasteiger charge is -2.19. The van der Waals surface area contributed by atoms with E-state index in [0.717, 1.165) is 44.2 Å². The fourth-order valence-corrected chi connectivity index (χ4v) is 4.97. The molecule has 1 aliphatic heterocycles. The van der Waals surface area contributed by atoms with Gasteiger partial charge in [0.1, 0.15) is 11.6 Å². The first kappa shape index (κ1) is 20.9. The molecule has 3 atom stereocenters. The van der Waals surface area contributed by atoms with Crippen molar-refractivity contribution in [3.8, 4) is 11.3 Å². The van der Waals surface area contributed by atoms with Crippen LogP contribution in [0.5, 0.6) is 0 Å². The molecule has 2 fully saturated rings. The summed E-state index contributed by atoms with van der Waals surface area (Å²) in [4.78, 5) is 6.99. The highest BCUT2D eigenvalue weighted by atomic mass is 19.2. The van der Waals surface area contributed by atoms with Crippen molar-refractivity contribution >= 4 is 5.82 Å². The minimum absolute atomic E-state index is 0.0927. The number of hydrogen-bond acceptors (Lipinski definition) is 5. The van der Waals surface area contributed by atoms with Crippen molar-refractivity contribution in [2.75, 3.05) is 18.4 Å². The third kappa shape index (κ3) is 4.32. The number of fused-ring (bicyclic) bond motifs is 1. The van der Waals surface area contributed by atoms with E-state index in [4.69, 9.17) is 0 Å². The van der Waals surface area contributed by atoms with Gasteiger partial charge in [-0.1, -0.05) is 6.07 Å². The van der Waals surface area contributed by atoms with Gasteiger partial charge >= 0.3 is 0 Å². The third-order valence-electron chi connectivity index (χ3n) is 6.47. The molecule has 166 valence electrons. The summed E-state index contributed by atoms with van der Waals surface area (Å²) in [7, 11) is 0. The number of likely N-dealkylation sites (tertiary alicyclic amines) is 1. The molecule has 5 rings (SSSR count). The fourth-order valence-electron chi connectivity index (χ4n) is 4.97. The van der Waals surface area contributed by atoms with E-state index in [1.165, 1.54) is 11.6 Å². The van der Waals surface area contributed by atoms with Crippen LogP contribution in [-0.4, -0.2) is 39.2 Å². The highest BCUT2D eigenvalue weighted by Crippen LogP contribution is 2.39. The van der Waals surface area contributed by atoms with Gasteiger partial charge < -0.3 is 5.32 Å². The first-order chi connectivity index (χ1) is 15.4. The van der Waals surface area contributed by atoms with E-state index in [2.05, 4.69) is 37.5 Å². The van der Waals surface area contributed by atoms with Crippen molar-refractivity contribution < 1.29 is 13.2 Å². The van der Waals surface area contributed by atoms with Crippen molar-refractivity contribution in [1.29, 1.82) is 0 Å². The van der Waals surface area contributed by atoms with Gasteiger partial charge in [0.15, 0.2) is 11.6 Å². The zero-order chi connectivity index (χ0) is 22.2. The number of pyridine rings is 1. The Bertz CT molecular complexity index is 1090. The largest absolute Gasteiger partial charge is 0.366 e. The first-order valence-electron chi connectivity index (χ1n) is 10.8. The molecule has 0 amide bonds. The number of aromatic nitrogens is 3. The summed E-state index contributed by atoms with van der Waals surface area (Å²) in [6, 6.07) is 9.13. The van der Waals surface area contributed by atoms with Crippen LogP contribution in [0.2, 0.25) is 0 Å². The molecule has 1 saturated heterocycles. The normalized spacial score (nSPS) is 22.8. The predicted octanol–water partition coefficient (Wildman–Crippen LogP) is 4.59. The molecule has 0 unspecified atom stereocenters. The molecule has 1 aliphatic carbocycles. The van der Waals surface area contributed by atoms with E-state index in [0.29, 0.717) is 29.8 Å². The second kappa shape index (κ2) is 8.50. The van der Waals surface area contributed by atoms with Gasteiger partial charge in [0.05, 0.1) is 11.4 Å². The monoisotopic (exact) mass is 439 g/mol. The zero-order valence-corrected chi connectivity index (χ0v) is 17.7. The highest BCUT2D eigenvalue weighted by Gasteiger charge is 2.40. The summed E-state index contributed by atoms with van der Waals surface area (Å²) in [5.74, 6) is -1.38. The number of halogens is 3. The van der Waals surface area contributed by atoms with Crippen molar-refractivity contribution in [1.82, 2.24) is 20.1 Å². The summed E-state index contributed by atoms with van der Waals surface area (Å²) >= 11 is 0. The average molecular weight is 439 g/mol. The van der Waals surface area contributed by atoms with Crippen molar-refractivity contribution in [3.05, 3.63) is 71.3 Å². The van der Waals surface area contributed by atoms with Gasteiger partial charge in [0.2, 0.25) is 0 Å². The summed E-state index contributed by atoms with van der Waals surface area (Å²) < 4.78 is 40.9. The molecule has 8 heteroatoms. The smallest absolute Gasteiger partial charge is 0.168 e. The number of benzene rings is 1. The molecule has 3 aromatic rings. The van der Waals surface area contributed by atoms with Crippen LogP contribution < -0.4 is 5.32 Å². The third-order valence-corrected chi connectivity index (χ3v) is 6.47. The number of rotatable bonds is 5. The molecule has 3 heterocycles. The molecule has 0 bridgehead atoms. The second-order valence-electron chi connectivity index (χ2n) is 8.91. The van der Waals surface area contributed by atoms with Gasteiger partial charge in [-0.25, -0.2) is 13.2 Å². The van der Waals surface area contributed by atoms with Crippen LogP contribution in [0.4, 0.5) is 19.0 Å². The first-order valence-corrected chi connectivity index (χ1v) is 10.8. The topological polar surface area (TPSA) is 53.9 Å².